The zero-order chi connectivity index (χ0) is 15.1. The standard InChI is InChI=1S/C17H20ClNO3/c1-21-13-7-10(18)8-6-11-9-2-3-12(20)16-17(9,4-5-19-11)14(8)15(13)22-16/h7,9,11-12,16,19-20H,2-6H2,1H3/t9-,11?,12-,16-,17?/m0/s1. The van der Waals surface area contributed by atoms with Crippen LogP contribution < -0.4 is 14.8 Å². The number of methoxy groups -OCH3 is 1. The van der Waals surface area contributed by atoms with Gasteiger partial charge in [-0.15, -0.1) is 0 Å². The van der Waals surface area contributed by atoms with Crippen LogP contribution >= 0.6 is 11.6 Å². The number of nitrogens with one attached hydrogen (secondary N) is 1. The number of ether oxygens (including phenoxy) is 2. The zero-order valence-corrected chi connectivity index (χ0v) is 13.3. The molecule has 1 saturated heterocycles. The second-order valence-electron chi connectivity index (χ2n) is 7.09. The number of benzene rings is 1. The topological polar surface area (TPSA) is 50.7 Å². The normalized spacial score (nSPS) is 40.9. The number of aliphatic hydroxyl groups is 1. The summed E-state index contributed by atoms with van der Waals surface area (Å²) in [6.45, 7) is 0.974. The zero-order valence-electron chi connectivity index (χ0n) is 12.6. The van der Waals surface area contributed by atoms with E-state index in [0.717, 1.165) is 43.0 Å². The minimum absolute atomic E-state index is 0.0886. The molecule has 2 N–H and O–H groups in total. The summed E-state index contributed by atoms with van der Waals surface area (Å²) in [5.41, 5.74) is 2.35. The summed E-state index contributed by atoms with van der Waals surface area (Å²) in [6.07, 6.45) is 3.25. The van der Waals surface area contributed by atoms with Crippen LogP contribution in [0.2, 0.25) is 5.02 Å². The maximum absolute atomic E-state index is 10.6. The van der Waals surface area contributed by atoms with Gasteiger partial charge in [-0.25, -0.2) is 0 Å². The molecule has 1 aromatic carbocycles. The Morgan fingerprint density at radius 1 is 1.45 bits per heavy atom. The van der Waals surface area contributed by atoms with Crippen LogP contribution in [-0.4, -0.2) is 37.0 Å². The first-order valence-corrected chi connectivity index (χ1v) is 8.52. The summed E-state index contributed by atoms with van der Waals surface area (Å²) in [7, 11) is 1.65. The Bertz CT molecular complexity index is 664. The molecule has 2 aliphatic heterocycles. The van der Waals surface area contributed by atoms with Crippen molar-refractivity contribution in [1.29, 1.82) is 0 Å². The van der Waals surface area contributed by atoms with E-state index in [0.29, 0.717) is 17.7 Å². The van der Waals surface area contributed by atoms with Crippen LogP contribution in [0.25, 0.3) is 0 Å². The van der Waals surface area contributed by atoms with Crippen LogP contribution in [-0.2, 0) is 11.8 Å². The predicted octanol–water partition coefficient (Wildman–Crippen LogP) is 2.04. The van der Waals surface area contributed by atoms with Crippen molar-refractivity contribution >= 4 is 11.6 Å². The molecule has 2 aliphatic carbocycles. The Morgan fingerprint density at radius 2 is 2.32 bits per heavy atom. The van der Waals surface area contributed by atoms with E-state index < -0.39 is 6.10 Å². The molecule has 2 bridgehead atoms. The molecule has 4 aliphatic rings. The van der Waals surface area contributed by atoms with Gasteiger partial charge in [0.1, 0.15) is 6.10 Å². The van der Waals surface area contributed by atoms with Crippen LogP contribution in [0.3, 0.4) is 0 Å². The predicted molar refractivity (Wildman–Crippen MR) is 82.9 cm³/mol. The van der Waals surface area contributed by atoms with E-state index in [2.05, 4.69) is 5.32 Å². The Kier molecular flexibility index (Phi) is 2.64. The van der Waals surface area contributed by atoms with Crippen molar-refractivity contribution in [3.8, 4) is 11.5 Å². The highest BCUT2D eigenvalue weighted by Crippen LogP contribution is 2.63. The molecule has 1 saturated carbocycles. The lowest BCUT2D eigenvalue weighted by Gasteiger charge is -2.56. The second-order valence-corrected chi connectivity index (χ2v) is 7.50. The Balaban J connectivity index is 1.84. The molecule has 118 valence electrons. The van der Waals surface area contributed by atoms with E-state index >= 15 is 0 Å². The maximum Gasteiger partial charge on any atom is 0.166 e. The highest BCUT2D eigenvalue weighted by molar-refractivity contribution is 6.31. The van der Waals surface area contributed by atoms with E-state index in [1.165, 1.54) is 11.1 Å². The molecule has 5 rings (SSSR count). The summed E-state index contributed by atoms with van der Waals surface area (Å²) in [5.74, 6) is 2.06. The Hall–Kier alpha value is -0.970. The van der Waals surface area contributed by atoms with E-state index in [4.69, 9.17) is 21.1 Å². The minimum Gasteiger partial charge on any atom is -0.493 e. The Labute approximate surface area is 134 Å². The van der Waals surface area contributed by atoms with E-state index in [9.17, 15) is 5.11 Å². The largest absolute Gasteiger partial charge is 0.493 e. The van der Waals surface area contributed by atoms with Gasteiger partial charge >= 0.3 is 0 Å². The number of rotatable bonds is 1. The maximum atomic E-state index is 10.6. The van der Waals surface area contributed by atoms with Crippen LogP contribution in [0.1, 0.15) is 30.4 Å². The van der Waals surface area contributed by atoms with Gasteiger partial charge in [0.05, 0.1) is 13.2 Å². The first-order chi connectivity index (χ1) is 10.7. The summed E-state index contributed by atoms with van der Waals surface area (Å²) < 4.78 is 11.8. The monoisotopic (exact) mass is 321 g/mol. The molecule has 2 heterocycles. The van der Waals surface area contributed by atoms with Gasteiger partial charge in [0, 0.05) is 28.1 Å². The molecular weight excluding hydrogens is 302 g/mol. The highest BCUT2D eigenvalue weighted by atomic mass is 35.5. The fourth-order valence-electron chi connectivity index (χ4n) is 5.61. The molecule has 0 radical (unpaired) electrons. The number of aliphatic hydroxyl groups excluding tert-OH is 1. The Morgan fingerprint density at radius 3 is 3.14 bits per heavy atom. The molecule has 0 amide bonds. The third-order valence-electron chi connectivity index (χ3n) is 6.38. The van der Waals surface area contributed by atoms with Crippen LogP contribution in [0.15, 0.2) is 6.07 Å². The SMILES string of the molecule is COc1cc(Cl)c2c3c1O[C@H]1[C@@H](O)CC[C@H]4C(C2)NCCC341. The van der Waals surface area contributed by atoms with E-state index in [-0.39, 0.29) is 11.5 Å². The first kappa shape index (κ1) is 13.5. The van der Waals surface area contributed by atoms with Crippen molar-refractivity contribution in [3.63, 3.8) is 0 Å². The van der Waals surface area contributed by atoms with Crippen molar-refractivity contribution in [2.24, 2.45) is 5.92 Å². The van der Waals surface area contributed by atoms with Crippen molar-refractivity contribution in [1.82, 2.24) is 5.32 Å². The molecule has 4 nitrogen and oxygen atoms in total. The minimum atomic E-state index is -0.406. The van der Waals surface area contributed by atoms with Crippen LogP contribution in [0, 0.1) is 5.92 Å². The molecule has 22 heavy (non-hydrogen) atoms. The molecule has 0 aromatic heterocycles. The lowest BCUT2D eigenvalue weighted by atomic mass is 9.52. The van der Waals surface area contributed by atoms with Gasteiger partial charge in [-0.05, 0) is 43.7 Å². The van der Waals surface area contributed by atoms with Crippen molar-refractivity contribution in [2.45, 2.75) is 49.3 Å². The molecule has 1 spiro atoms. The first-order valence-electron chi connectivity index (χ1n) is 8.14. The van der Waals surface area contributed by atoms with Crippen molar-refractivity contribution in [3.05, 3.63) is 22.2 Å². The van der Waals surface area contributed by atoms with Gasteiger partial charge in [0.25, 0.3) is 0 Å². The smallest absolute Gasteiger partial charge is 0.166 e. The second kappa shape index (κ2) is 4.31. The highest BCUT2D eigenvalue weighted by Gasteiger charge is 2.64. The van der Waals surface area contributed by atoms with E-state index in [1.807, 2.05) is 6.07 Å². The number of halogens is 1. The van der Waals surface area contributed by atoms with Crippen molar-refractivity contribution in [2.75, 3.05) is 13.7 Å². The fraction of sp³-hybridized carbons (Fsp3) is 0.647. The van der Waals surface area contributed by atoms with Gasteiger partial charge in [-0.3, -0.25) is 0 Å². The van der Waals surface area contributed by atoms with Gasteiger partial charge in [-0.2, -0.15) is 0 Å². The van der Waals surface area contributed by atoms with Crippen molar-refractivity contribution < 1.29 is 14.6 Å². The van der Waals surface area contributed by atoms with E-state index in [1.54, 1.807) is 7.11 Å². The average Bonchev–Trinajstić information content (AvgIpc) is 2.84. The lowest BCUT2D eigenvalue weighted by Crippen LogP contribution is -2.66. The third kappa shape index (κ3) is 1.38. The summed E-state index contributed by atoms with van der Waals surface area (Å²) in [6, 6.07) is 2.31. The van der Waals surface area contributed by atoms with Gasteiger partial charge in [0.15, 0.2) is 11.5 Å². The molecular formula is C17H20ClNO3. The molecule has 2 fully saturated rings. The van der Waals surface area contributed by atoms with Crippen LogP contribution in [0.4, 0.5) is 0 Å². The van der Waals surface area contributed by atoms with Gasteiger partial charge < -0.3 is 19.9 Å². The molecule has 5 heteroatoms. The molecule has 5 atom stereocenters. The quantitative estimate of drug-likeness (QED) is 0.831. The van der Waals surface area contributed by atoms with Crippen LogP contribution in [0.5, 0.6) is 11.5 Å². The lowest BCUT2D eigenvalue weighted by molar-refractivity contribution is -0.0761. The number of piperidine rings is 1. The number of hydrogen-bond donors (Lipinski definition) is 2. The van der Waals surface area contributed by atoms with Gasteiger partial charge in [0.2, 0.25) is 0 Å². The van der Waals surface area contributed by atoms with Gasteiger partial charge in [-0.1, -0.05) is 11.6 Å². The molecule has 2 unspecified atom stereocenters. The number of hydrogen-bond acceptors (Lipinski definition) is 4. The summed E-state index contributed by atoms with van der Waals surface area (Å²) in [5, 5.41) is 15.0. The molecule has 1 aromatic rings. The summed E-state index contributed by atoms with van der Waals surface area (Å²) in [4.78, 5) is 0. The fourth-order valence-corrected chi connectivity index (χ4v) is 5.88. The average molecular weight is 322 g/mol. The summed E-state index contributed by atoms with van der Waals surface area (Å²) >= 11 is 6.57. The third-order valence-corrected chi connectivity index (χ3v) is 6.71.